The number of hydrogen-bond donors (Lipinski definition) is 6. The molecule has 3 aromatic carbocycles. The van der Waals surface area contributed by atoms with Gasteiger partial charge in [0.2, 0.25) is 10.0 Å². The molecule has 0 aliphatic carbocycles. The molecule has 9 nitrogen and oxygen atoms in total. The van der Waals surface area contributed by atoms with Crippen molar-refractivity contribution in [1.82, 2.24) is 4.72 Å². The molecule has 0 saturated heterocycles. The third-order valence-electron chi connectivity index (χ3n) is 4.40. The molecule has 158 valence electrons. The van der Waals surface area contributed by atoms with Gasteiger partial charge in [-0.2, -0.15) is 4.72 Å². The average Bonchev–Trinajstić information content (AvgIpc) is 2.67. The fourth-order valence-corrected chi connectivity index (χ4v) is 5.72. The molecule has 1 atom stereocenters. The summed E-state index contributed by atoms with van der Waals surface area (Å²) in [5.74, 6) is -1.90. The number of rotatable bonds is 7. The Bertz CT molecular complexity index is 1220. The first-order chi connectivity index (χ1) is 14.1. The van der Waals surface area contributed by atoms with Crippen molar-refractivity contribution in [1.29, 1.82) is 5.41 Å². The number of nitrogens with one attached hydrogen (secondary N) is 3. The maximum Gasteiger partial charge on any atom is 0.343 e. The second-order valence-corrected chi connectivity index (χ2v) is 10.1. The van der Waals surface area contributed by atoms with E-state index in [1.807, 2.05) is 0 Å². The quantitative estimate of drug-likeness (QED) is 0.183. The fourth-order valence-electron chi connectivity index (χ4n) is 3.00. The molecule has 3 aromatic rings. The van der Waals surface area contributed by atoms with Crippen LogP contribution in [0.5, 0.6) is 0 Å². The molecule has 7 N–H and O–H groups in total. The van der Waals surface area contributed by atoms with Crippen LogP contribution < -0.4 is 15.8 Å². The van der Waals surface area contributed by atoms with Crippen LogP contribution in [0.4, 0.5) is 5.69 Å². The largest absolute Gasteiger partial charge is 0.370 e. The van der Waals surface area contributed by atoms with Crippen molar-refractivity contribution in [3.63, 3.8) is 0 Å². The number of nitrogens with two attached hydrogens (primary N) is 1. The molecule has 0 aliphatic heterocycles. The van der Waals surface area contributed by atoms with Gasteiger partial charge in [0.25, 0.3) is 0 Å². The molecule has 0 spiro atoms. The highest BCUT2D eigenvalue weighted by atomic mass is 32.2. The van der Waals surface area contributed by atoms with E-state index in [1.54, 1.807) is 60.7 Å². The van der Waals surface area contributed by atoms with Gasteiger partial charge in [0.1, 0.15) is 5.78 Å². The second-order valence-electron chi connectivity index (χ2n) is 6.64. The van der Waals surface area contributed by atoms with E-state index in [2.05, 4.69) is 10.0 Å². The van der Waals surface area contributed by atoms with Gasteiger partial charge >= 0.3 is 7.60 Å². The molecule has 0 aromatic heterocycles. The monoisotopic (exact) mass is 448 g/mol. The number of benzene rings is 3. The van der Waals surface area contributed by atoms with Gasteiger partial charge in [-0.05, 0) is 29.1 Å². The summed E-state index contributed by atoms with van der Waals surface area (Å²) >= 11 is 0. The van der Waals surface area contributed by atoms with Crippen LogP contribution in [0, 0.1) is 5.41 Å². The Balaban J connectivity index is 1.89. The zero-order valence-electron chi connectivity index (χ0n) is 15.7. The van der Waals surface area contributed by atoms with Crippen LogP contribution >= 0.6 is 7.60 Å². The van der Waals surface area contributed by atoms with Crippen LogP contribution in [0.25, 0.3) is 10.8 Å². The summed E-state index contributed by atoms with van der Waals surface area (Å²) < 4.78 is 40.1. The van der Waals surface area contributed by atoms with Crippen LogP contribution in [-0.4, -0.2) is 29.9 Å². The smallest absolute Gasteiger partial charge is 0.343 e. The molecule has 3 rings (SSSR count). The van der Waals surface area contributed by atoms with Gasteiger partial charge in [-0.25, -0.2) is 8.42 Å². The van der Waals surface area contributed by atoms with Gasteiger partial charge in [0, 0.05) is 17.5 Å². The van der Waals surface area contributed by atoms with Gasteiger partial charge < -0.3 is 20.8 Å². The molecule has 0 fully saturated rings. The number of guanidine groups is 1. The average molecular weight is 448 g/mol. The Morgan fingerprint density at radius 3 is 2.30 bits per heavy atom. The molecule has 0 radical (unpaired) electrons. The highest BCUT2D eigenvalue weighted by Gasteiger charge is 2.34. The standard InChI is InChI=1S/C19H21N4O5PS/c20-19(21)22-15-10-8-13(9-11-15)12-18(29(24,25)26)23-30(27,28)17-7-3-5-14-4-1-2-6-16(14)17/h1-11,18,23H,12H2,(H4,20,21,22)(H2,24,25,26). The maximum atomic E-state index is 13.0. The van der Waals surface area contributed by atoms with Crippen molar-refractivity contribution in [2.45, 2.75) is 17.1 Å². The summed E-state index contributed by atoms with van der Waals surface area (Å²) in [6.07, 6.45) is -0.228. The van der Waals surface area contributed by atoms with Gasteiger partial charge in [-0.15, -0.1) is 0 Å². The number of fused-ring (bicyclic) bond motifs is 1. The maximum absolute atomic E-state index is 13.0. The summed E-state index contributed by atoms with van der Waals surface area (Å²) in [5.41, 5.74) is 6.28. The summed E-state index contributed by atoms with van der Waals surface area (Å²) in [7, 11) is -9.03. The summed E-state index contributed by atoms with van der Waals surface area (Å²) in [6.45, 7) is 0. The van der Waals surface area contributed by atoms with Crippen LogP contribution in [-0.2, 0) is 21.0 Å². The Morgan fingerprint density at radius 1 is 1.03 bits per heavy atom. The van der Waals surface area contributed by atoms with Crippen LogP contribution in [0.3, 0.4) is 0 Å². The van der Waals surface area contributed by atoms with E-state index in [4.69, 9.17) is 11.1 Å². The van der Waals surface area contributed by atoms with E-state index >= 15 is 0 Å². The molecule has 0 aliphatic rings. The van der Waals surface area contributed by atoms with Crippen molar-refractivity contribution < 1.29 is 22.8 Å². The SMILES string of the molecule is N=C(N)Nc1ccc(CC(NS(=O)(=O)c2cccc3ccccc23)P(=O)(O)O)cc1. The first-order valence-electron chi connectivity index (χ1n) is 8.81. The predicted molar refractivity (Wildman–Crippen MR) is 116 cm³/mol. The third kappa shape index (κ3) is 5.24. The molecule has 0 heterocycles. The van der Waals surface area contributed by atoms with Crippen LogP contribution in [0.2, 0.25) is 0 Å². The van der Waals surface area contributed by atoms with Crippen molar-refractivity contribution in [2.75, 3.05) is 5.32 Å². The van der Waals surface area contributed by atoms with Crippen LogP contribution in [0.1, 0.15) is 5.56 Å². The topological polar surface area (TPSA) is 166 Å². The summed E-state index contributed by atoms with van der Waals surface area (Å²) in [6, 6.07) is 17.9. The highest BCUT2D eigenvalue weighted by Crippen LogP contribution is 2.42. The Kier molecular flexibility index (Phi) is 6.25. The predicted octanol–water partition coefficient (Wildman–Crippen LogP) is 2.17. The number of anilines is 1. The molecule has 1 unspecified atom stereocenters. The third-order valence-corrected chi connectivity index (χ3v) is 7.23. The minimum atomic E-state index is -4.81. The molecular weight excluding hydrogens is 427 g/mol. The first kappa shape index (κ1) is 21.9. The van der Waals surface area contributed by atoms with Crippen molar-refractivity contribution in [2.24, 2.45) is 5.73 Å². The molecule has 11 heteroatoms. The number of hydrogen-bond acceptors (Lipinski definition) is 4. The molecular formula is C19H21N4O5PS. The lowest BCUT2D eigenvalue weighted by atomic mass is 10.1. The first-order valence-corrected chi connectivity index (χ1v) is 12.0. The number of sulfonamides is 1. The van der Waals surface area contributed by atoms with Crippen molar-refractivity contribution >= 4 is 40.0 Å². The zero-order valence-corrected chi connectivity index (χ0v) is 17.4. The van der Waals surface area contributed by atoms with E-state index in [0.29, 0.717) is 22.0 Å². The summed E-state index contributed by atoms with van der Waals surface area (Å²) in [5, 5.41) is 10.9. The lowest BCUT2D eigenvalue weighted by molar-refractivity contribution is 0.353. The van der Waals surface area contributed by atoms with E-state index in [0.717, 1.165) is 0 Å². The fraction of sp³-hybridized carbons (Fsp3) is 0.105. The molecule has 0 amide bonds. The van der Waals surface area contributed by atoms with E-state index in [1.165, 1.54) is 6.07 Å². The minimum absolute atomic E-state index is 0.0555. The lowest BCUT2D eigenvalue weighted by Crippen LogP contribution is -2.36. The second kappa shape index (κ2) is 8.55. The molecule has 0 bridgehead atoms. The zero-order chi connectivity index (χ0) is 21.9. The van der Waals surface area contributed by atoms with Crippen LogP contribution in [0.15, 0.2) is 71.6 Å². The van der Waals surface area contributed by atoms with Gasteiger partial charge in [-0.3, -0.25) is 9.97 Å². The Morgan fingerprint density at radius 2 is 1.67 bits per heavy atom. The minimum Gasteiger partial charge on any atom is -0.370 e. The van der Waals surface area contributed by atoms with E-state index in [9.17, 15) is 22.8 Å². The molecule has 30 heavy (non-hydrogen) atoms. The van der Waals surface area contributed by atoms with E-state index < -0.39 is 23.4 Å². The van der Waals surface area contributed by atoms with Gasteiger partial charge in [0.05, 0.1) is 4.90 Å². The molecule has 0 saturated carbocycles. The van der Waals surface area contributed by atoms with Gasteiger partial charge in [0.15, 0.2) is 5.96 Å². The summed E-state index contributed by atoms with van der Waals surface area (Å²) in [4.78, 5) is 19.5. The highest BCUT2D eigenvalue weighted by molar-refractivity contribution is 7.90. The normalized spacial score (nSPS) is 13.1. The lowest BCUT2D eigenvalue weighted by Gasteiger charge is -2.21. The van der Waals surface area contributed by atoms with Crippen molar-refractivity contribution in [3.8, 4) is 0 Å². The van der Waals surface area contributed by atoms with Gasteiger partial charge in [-0.1, -0.05) is 48.5 Å². The Labute approximate surface area is 173 Å². The van der Waals surface area contributed by atoms with E-state index in [-0.39, 0.29) is 17.3 Å². The Hall–Kier alpha value is -2.75. The van der Waals surface area contributed by atoms with Crippen molar-refractivity contribution in [3.05, 3.63) is 72.3 Å².